The molecule has 0 saturated carbocycles. The summed E-state index contributed by atoms with van der Waals surface area (Å²) in [4.78, 5) is 47.2. The predicted molar refractivity (Wildman–Crippen MR) is 232 cm³/mol. The van der Waals surface area contributed by atoms with Crippen molar-refractivity contribution in [2.24, 2.45) is 0 Å². The van der Waals surface area contributed by atoms with E-state index in [0.29, 0.717) is 10.1 Å². The number of carboxylic acid groups (broad SMARTS) is 1. The molecule has 0 spiro atoms. The maximum Gasteiger partial charge on any atom is 0.354 e. The molecular weight excluding hydrogens is 767 g/mol. The predicted octanol–water partition coefficient (Wildman–Crippen LogP) is 10.0. The largest absolute Gasteiger partial charge is 0.477 e. The lowest BCUT2D eigenvalue weighted by molar-refractivity contribution is -0.0652. The maximum absolute atomic E-state index is 12.2. The highest BCUT2D eigenvalue weighted by atomic mass is 16.5. The van der Waals surface area contributed by atoms with Crippen LogP contribution in [0.1, 0.15) is 42.6 Å². The van der Waals surface area contributed by atoms with Crippen molar-refractivity contribution in [2.75, 3.05) is 0 Å². The van der Waals surface area contributed by atoms with Gasteiger partial charge in [-0.2, -0.15) is 0 Å². The van der Waals surface area contributed by atoms with Crippen LogP contribution in [0.3, 0.4) is 0 Å². The molecule has 0 aliphatic carbocycles. The van der Waals surface area contributed by atoms with Crippen LogP contribution < -0.4 is 0 Å². The third-order valence-corrected chi connectivity index (χ3v) is 9.09. The number of aromatic nitrogens is 3. The summed E-state index contributed by atoms with van der Waals surface area (Å²) < 4.78 is 0. The number of benzene rings is 5. The fraction of sp³-hybridized carbons (Fsp3) is 0.0400. The van der Waals surface area contributed by atoms with E-state index in [0.717, 1.165) is 44.5 Å². The van der Waals surface area contributed by atoms with Gasteiger partial charge in [-0.15, -0.1) is 0 Å². The van der Waals surface area contributed by atoms with E-state index in [4.69, 9.17) is 5.11 Å². The molecule has 0 aliphatic heterocycles. The number of aromatic carboxylic acids is 1. The minimum atomic E-state index is -1.00. The third kappa shape index (κ3) is 12.4. The van der Waals surface area contributed by atoms with Gasteiger partial charge in [0, 0.05) is 35.3 Å². The Morgan fingerprint density at radius 1 is 0.361 bits per heavy atom. The van der Waals surface area contributed by atoms with Gasteiger partial charge in [0.15, 0.2) is 0 Å². The number of carboxylic acids is 1. The summed E-state index contributed by atoms with van der Waals surface area (Å²) in [7, 11) is 0. The van der Waals surface area contributed by atoms with Crippen LogP contribution in [0.2, 0.25) is 0 Å². The fourth-order valence-electron chi connectivity index (χ4n) is 5.89. The van der Waals surface area contributed by atoms with Crippen LogP contribution in [0, 0.1) is 0 Å². The van der Waals surface area contributed by atoms with Crippen molar-refractivity contribution in [1.29, 1.82) is 0 Å². The van der Waals surface area contributed by atoms with E-state index in [2.05, 4.69) is 15.0 Å². The molecule has 0 unspecified atom stereocenters. The van der Waals surface area contributed by atoms with E-state index < -0.39 is 17.8 Å². The van der Waals surface area contributed by atoms with Gasteiger partial charge >= 0.3 is 5.97 Å². The highest BCUT2D eigenvalue weighted by molar-refractivity contribution is 5.92. The second-order valence-corrected chi connectivity index (χ2v) is 13.4. The summed E-state index contributed by atoms with van der Waals surface area (Å²) in [5, 5.41) is 30.0. The van der Waals surface area contributed by atoms with Crippen LogP contribution in [0.25, 0.3) is 33.4 Å². The number of amides is 2. The standard InChI is InChI=1S/2C19H16N2O2.C12H9NO2/c2*22-19(21(23)14-15-7-3-1-4-8-15)18-12-11-17(13-20-18)16-9-5-2-6-10-16;14-12(15)11-7-6-10(8-13-11)9-4-2-1-3-5-9/h2*1-13,23H,14H2;1-8H,(H,14,15). The van der Waals surface area contributed by atoms with E-state index >= 15 is 0 Å². The molecule has 61 heavy (non-hydrogen) atoms. The molecular formula is C50H41N5O6. The number of hydrogen-bond donors (Lipinski definition) is 3. The molecule has 0 atom stereocenters. The summed E-state index contributed by atoms with van der Waals surface area (Å²) in [6.07, 6.45) is 4.84. The van der Waals surface area contributed by atoms with E-state index in [1.807, 2.05) is 164 Å². The van der Waals surface area contributed by atoms with Gasteiger partial charge < -0.3 is 5.11 Å². The van der Waals surface area contributed by atoms with Crippen LogP contribution in [-0.2, 0) is 13.1 Å². The Morgan fingerprint density at radius 3 is 0.902 bits per heavy atom. The van der Waals surface area contributed by atoms with Crippen molar-refractivity contribution in [3.63, 3.8) is 0 Å². The molecule has 3 aromatic heterocycles. The van der Waals surface area contributed by atoms with Gasteiger partial charge in [-0.25, -0.2) is 19.9 Å². The van der Waals surface area contributed by atoms with E-state index in [-0.39, 0.29) is 30.2 Å². The molecule has 0 aliphatic rings. The van der Waals surface area contributed by atoms with Gasteiger partial charge in [0.25, 0.3) is 11.8 Å². The topological polar surface area (TPSA) is 157 Å². The lowest BCUT2D eigenvalue weighted by Gasteiger charge is -2.14. The number of carbonyl (C=O) groups excluding carboxylic acids is 2. The lowest BCUT2D eigenvalue weighted by atomic mass is 10.1. The van der Waals surface area contributed by atoms with Crippen LogP contribution in [0.5, 0.6) is 0 Å². The first-order valence-electron chi connectivity index (χ1n) is 19.1. The first-order chi connectivity index (χ1) is 29.7. The molecule has 302 valence electrons. The molecule has 2 amide bonds. The normalized spacial score (nSPS) is 10.2. The number of hydroxylamine groups is 4. The number of rotatable bonds is 10. The number of hydrogen-bond acceptors (Lipinski definition) is 8. The zero-order valence-corrected chi connectivity index (χ0v) is 32.8. The molecule has 0 fully saturated rings. The highest BCUT2D eigenvalue weighted by Crippen LogP contribution is 2.20. The molecule has 0 bridgehead atoms. The average molecular weight is 808 g/mol. The Balaban J connectivity index is 0.000000157. The van der Waals surface area contributed by atoms with E-state index in [1.54, 1.807) is 36.8 Å². The Bertz CT molecular complexity index is 2450. The smallest absolute Gasteiger partial charge is 0.354 e. The van der Waals surface area contributed by atoms with Gasteiger partial charge in [0.1, 0.15) is 17.1 Å². The minimum Gasteiger partial charge on any atom is -0.477 e. The molecule has 3 N–H and O–H groups in total. The third-order valence-electron chi connectivity index (χ3n) is 9.09. The van der Waals surface area contributed by atoms with Gasteiger partial charge in [-0.05, 0) is 46.0 Å². The van der Waals surface area contributed by atoms with Gasteiger partial charge in [0.2, 0.25) is 0 Å². The van der Waals surface area contributed by atoms with Crippen LogP contribution >= 0.6 is 0 Å². The van der Waals surface area contributed by atoms with Crippen LogP contribution in [0.15, 0.2) is 207 Å². The molecule has 3 heterocycles. The Hall–Kier alpha value is -8.12. The molecule has 0 saturated heterocycles. The zero-order valence-electron chi connectivity index (χ0n) is 32.8. The summed E-state index contributed by atoms with van der Waals surface area (Å²) in [6.45, 7) is 0.254. The molecule has 5 aromatic carbocycles. The van der Waals surface area contributed by atoms with Crippen molar-refractivity contribution in [3.05, 3.63) is 235 Å². The van der Waals surface area contributed by atoms with Gasteiger partial charge in [-0.3, -0.25) is 30.0 Å². The van der Waals surface area contributed by atoms with E-state index in [9.17, 15) is 24.8 Å². The Labute approximate surface area is 353 Å². The van der Waals surface area contributed by atoms with Crippen molar-refractivity contribution in [3.8, 4) is 33.4 Å². The second kappa shape index (κ2) is 21.6. The fourth-order valence-corrected chi connectivity index (χ4v) is 5.89. The maximum atomic E-state index is 12.2. The summed E-state index contributed by atoms with van der Waals surface area (Å²) in [5.41, 5.74) is 8.05. The summed E-state index contributed by atoms with van der Waals surface area (Å²) in [5.74, 6) is -2.04. The first-order valence-corrected chi connectivity index (χ1v) is 19.1. The van der Waals surface area contributed by atoms with Crippen molar-refractivity contribution < 1.29 is 29.9 Å². The highest BCUT2D eigenvalue weighted by Gasteiger charge is 2.17. The number of nitrogens with zero attached hydrogens (tertiary/aromatic N) is 5. The molecule has 0 radical (unpaired) electrons. The average Bonchev–Trinajstić information content (AvgIpc) is 3.33. The monoisotopic (exact) mass is 807 g/mol. The summed E-state index contributed by atoms with van der Waals surface area (Å²) >= 11 is 0. The van der Waals surface area contributed by atoms with Crippen molar-refractivity contribution in [2.45, 2.75) is 13.1 Å². The van der Waals surface area contributed by atoms with Gasteiger partial charge in [-0.1, -0.05) is 170 Å². The number of carbonyl (C=O) groups is 3. The molecule has 11 nitrogen and oxygen atoms in total. The van der Waals surface area contributed by atoms with Gasteiger partial charge in [0.05, 0.1) is 13.1 Å². The molecule has 8 rings (SSSR count). The van der Waals surface area contributed by atoms with Crippen LogP contribution in [0.4, 0.5) is 0 Å². The SMILES string of the molecule is O=C(O)c1ccc(-c2ccccc2)cn1.O=C(c1ccc(-c2ccccc2)cn1)N(O)Cc1ccccc1.O=C(c1ccc(-c2ccccc2)cn1)N(O)Cc1ccccc1. The molecule has 8 aromatic rings. The summed E-state index contributed by atoms with van der Waals surface area (Å²) in [6, 6.07) is 58.1. The Morgan fingerprint density at radius 2 is 0.639 bits per heavy atom. The lowest BCUT2D eigenvalue weighted by Crippen LogP contribution is -2.27. The minimum absolute atomic E-state index is 0.0645. The molecule has 11 heteroatoms. The van der Waals surface area contributed by atoms with Crippen molar-refractivity contribution >= 4 is 17.8 Å². The van der Waals surface area contributed by atoms with Crippen molar-refractivity contribution in [1.82, 2.24) is 25.1 Å². The van der Waals surface area contributed by atoms with E-state index in [1.165, 1.54) is 6.07 Å². The Kier molecular flexibility index (Phi) is 15.0. The quantitative estimate of drug-likeness (QED) is 0.0904. The number of pyridine rings is 3. The van der Waals surface area contributed by atoms with Crippen LogP contribution in [-0.4, -0.2) is 58.4 Å². The first kappa shape index (κ1) is 42.5. The zero-order chi connectivity index (χ0) is 42.8. The second-order valence-electron chi connectivity index (χ2n) is 13.4.